The van der Waals surface area contributed by atoms with Crippen LogP contribution in [0, 0.1) is 6.92 Å². The van der Waals surface area contributed by atoms with Crippen LogP contribution in [-0.2, 0) is 4.79 Å². The van der Waals surface area contributed by atoms with E-state index in [1.165, 1.54) is 19.3 Å². The maximum Gasteiger partial charge on any atom is 0.294 e. The first-order chi connectivity index (χ1) is 16.3. The van der Waals surface area contributed by atoms with Gasteiger partial charge >= 0.3 is 0 Å². The third-order valence-electron chi connectivity index (χ3n) is 5.61. The van der Waals surface area contributed by atoms with Crippen molar-refractivity contribution >= 4 is 46.5 Å². The summed E-state index contributed by atoms with van der Waals surface area (Å²) in [5.74, 6) is -1.34. The third-order valence-corrected chi connectivity index (χ3v) is 6.40. The molecule has 0 saturated heterocycles. The number of unbranched alkanes of at least 4 members (excludes halogenated alkanes) is 5. The van der Waals surface area contributed by atoms with Gasteiger partial charge in [-0.3, -0.25) is 9.59 Å². The zero-order valence-corrected chi connectivity index (χ0v) is 21.6. The summed E-state index contributed by atoms with van der Waals surface area (Å²) < 4.78 is 1.57. The van der Waals surface area contributed by atoms with Crippen LogP contribution in [0.15, 0.2) is 42.5 Å². The lowest BCUT2D eigenvalue weighted by Crippen LogP contribution is -2.32. The number of halogens is 3. The Morgan fingerprint density at radius 2 is 1.56 bits per heavy atom. The minimum Gasteiger partial charge on any atom is -0.349 e. The fraction of sp³-hybridized carbons (Fsp3) is 0.346. The lowest BCUT2D eigenvalue weighted by molar-refractivity contribution is -0.117. The van der Waals surface area contributed by atoms with Gasteiger partial charge in [0.25, 0.3) is 11.7 Å². The first-order valence-corrected chi connectivity index (χ1v) is 12.6. The molecule has 0 aliphatic heterocycles. The van der Waals surface area contributed by atoms with Crippen molar-refractivity contribution in [2.45, 2.75) is 52.4 Å². The maximum absolute atomic E-state index is 13.0. The van der Waals surface area contributed by atoms with Crippen molar-refractivity contribution in [3.8, 4) is 16.9 Å². The number of ketones is 1. The zero-order valence-electron chi connectivity index (χ0n) is 19.3. The number of aromatic nitrogens is 2. The fourth-order valence-electron chi connectivity index (χ4n) is 3.78. The van der Waals surface area contributed by atoms with Gasteiger partial charge in [-0.25, -0.2) is 4.68 Å². The van der Waals surface area contributed by atoms with E-state index >= 15 is 0 Å². The van der Waals surface area contributed by atoms with Crippen LogP contribution in [0.5, 0.6) is 0 Å². The van der Waals surface area contributed by atoms with E-state index in [0.29, 0.717) is 38.6 Å². The van der Waals surface area contributed by atoms with E-state index in [9.17, 15) is 9.59 Å². The van der Waals surface area contributed by atoms with E-state index in [1.807, 2.05) is 12.1 Å². The molecule has 1 amide bonds. The summed E-state index contributed by atoms with van der Waals surface area (Å²) in [6, 6.07) is 12.2. The largest absolute Gasteiger partial charge is 0.349 e. The van der Waals surface area contributed by atoms with Crippen molar-refractivity contribution in [3.63, 3.8) is 0 Å². The maximum atomic E-state index is 13.0. The topological polar surface area (TPSA) is 64.0 Å². The van der Waals surface area contributed by atoms with Gasteiger partial charge in [0, 0.05) is 27.7 Å². The van der Waals surface area contributed by atoms with Crippen LogP contribution in [0.4, 0.5) is 0 Å². The Bertz CT molecular complexity index is 1160. The molecular weight excluding hydrogens is 493 g/mol. The predicted molar refractivity (Wildman–Crippen MR) is 139 cm³/mol. The number of benzene rings is 2. The molecule has 34 heavy (non-hydrogen) atoms. The molecule has 0 fully saturated rings. The molecule has 1 N–H and O–H groups in total. The highest BCUT2D eigenvalue weighted by molar-refractivity contribution is 6.42. The number of nitrogens with zero attached hydrogens (tertiary/aromatic N) is 2. The predicted octanol–water partition coefficient (Wildman–Crippen LogP) is 7.47. The van der Waals surface area contributed by atoms with Gasteiger partial charge in [0.2, 0.25) is 0 Å². The first kappa shape index (κ1) is 26.3. The standard InChI is InChI=1S/C26H28Cl3N3O2/c1-3-4-5-6-7-8-15-30-26(34)25(33)23-17(2)24(18-9-11-19(27)12-10-18)32(31-23)22-14-13-20(28)16-21(22)29/h9-14,16H,3-8,15H2,1-2H3,(H,30,34). The molecule has 0 unspecified atom stereocenters. The second-order valence-corrected chi connectivity index (χ2v) is 9.47. The molecule has 8 heteroatoms. The number of carbonyl (C=O) groups excluding carboxylic acids is 2. The molecule has 0 radical (unpaired) electrons. The number of hydrogen-bond donors (Lipinski definition) is 1. The van der Waals surface area contributed by atoms with Gasteiger partial charge in [-0.1, -0.05) is 86.0 Å². The Hall–Kier alpha value is -2.34. The van der Waals surface area contributed by atoms with E-state index in [1.54, 1.807) is 41.9 Å². The molecule has 1 aromatic heterocycles. The highest BCUT2D eigenvalue weighted by Crippen LogP contribution is 2.33. The van der Waals surface area contributed by atoms with Crippen LogP contribution >= 0.6 is 34.8 Å². The number of Topliss-reactive ketones (excluding diaryl/α,β-unsaturated/α-hetero) is 1. The highest BCUT2D eigenvalue weighted by atomic mass is 35.5. The fourth-order valence-corrected chi connectivity index (χ4v) is 4.40. The van der Waals surface area contributed by atoms with Gasteiger partial charge in [0.1, 0.15) is 5.69 Å². The summed E-state index contributed by atoms with van der Waals surface area (Å²) in [4.78, 5) is 25.6. The number of carbonyl (C=O) groups is 2. The van der Waals surface area contributed by atoms with Gasteiger partial charge < -0.3 is 5.32 Å². The molecule has 0 atom stereocenters. The summed E-state index contributed by atoms with van der Waals surface area (Å²) in [6.07, 6.45) is 6.61. The van der Waals surface area contributed by atoms with Crippen molar-refractivity contribution in [2.75, 3.05) is 6.54 Å². The molecule has 2 aromatic carbocycles. The quantitative estimate of drug-likeness (QED) is 0.162. The molecule has 0 aliphatic carbocycles. The molecule has 5 nitrogen and oxygen atoms in total. The Morgan fingerprint density at radius 3 is 2.24 bits per heavy atom. The van der Waals surface area contributed by atoms with Gasteiger partial charge in [-0.2, -0.15) is 5.10 Å². The van der Waals surface area contributed by atoms with Gasteiger partial charge in [-0.05, 0) is 43.7 Å². The van der Waals surface area contributed by atoms with E-state index in [4.69, 9.17) is 34.8 Å². The van der Waals surface area contributed by atoms with Crippen molar-refractivity contribution in [2.24, 2.45) is 0 Å². The van der Waals surface area contributed by atoms with Crippen molar-refractivity contribution in [1.82, 2.24) is 15.1 Å². The Kier molecular flexibility index (Phi) is 9.57. The van der Waals surface area contributed by atoms with E-state index < -0.39 is 11.7 Å². The van der Waals surface area contributed by atoms with Crippen molar-refractivity contribution in [3.05, 3.63) is 68.8 Å². The molecule has 180 valence electrons. The number of hydrogen-bond acceptors (Lipinski definition) is 3. The molecule has 3 rings (SSSR count). The molecule has 3 aromatic rings. The Balaban J connectivity index is 1.87. The highest BCUT2D eigenvalue weighted by Gasteiger charge is 2.27. The minimum absolute atomic E-state index is 0.0800. The summed E-state index contributed by atoms with van der Waals surface area (Å²) in [5, 5.41) is 8.69. The Labute approximate surface area is 215 Å². The van der Waals surface area contributed by atoms with Crippen LogP contribution in [-0.4, -0.2) is 28.0 Å². The molecule has 0 spiro atoms. The average molecular weight is 521 g/mol. The van der Waals surface area contributed by atoms with Crippen molar-refractivity contribution in [1.29, 1.82) is 0 Å². The lowest BCUT2D eigenvalue weighted by Gasteiger charge is -2.11. The van der Waals surface area contributed by atoms with Gasteiger partial charge in [-0.15, -0.1) is 0 Å². The molecule has 1 heterocycles. The van der Waals surface area contributed by atoms with Gasteiger partial charge in [0.15, 0.2) is 0 Å². The average Bonchev–Trinajstić information content (AvgIpc) is 3.15. The van der Waals surface area contributed by atoms with Crippen LogP contribution in [0.25, 0.3) is 16.9 Å². The summed E-state index contributed by atoms with van der Waals surface area (Å²) >= 11 is 18.6. The molecule has 0 bridgehead atoms. The second kappa shape index (κ2) is 12.4. The van der Waals surface area contributed by atoms with Crippen LogP contribution in [0.3, 0.4) is 0 Å². The first-order valence-electron chi connectivity index (χ1n) is 11.5. The van der Waals surface area contributed by atoms with Crippen LogP contribution < -0.4 is 5.32 Å². The lowest BCUT2D eigenvalue weighted by atomic mass is 10.0. The third kappa shape index (κ3) is 6.41. The van der Waals surface area contributed by atoms with E-state index in [0.717, 1.165) is 24.8 Å². The summed E-state index contributed by atoms with van der Waals surface area (Å²) in [7, 11) is 0. The monoisotopic (exact) mass is 519 g/mol. The van der Waals surface area contributed by atoms with Crippen LogP contribution in [0.1, 0.15) is 61.5 Å². The molecule has 0 saturated carbocycles. The van der Waals surface area contributed by atoms with Crippen LogP contribution in [0.2, 0.25) is 15.1 Å². The number of amides is 1. The summed E-state index contributed by atoms with van der Waals surface area (Å²) in [6.45, 7) is 4.41. The number of rotatable bonds is 11. The van der Waals surface area contributed by atoms with Gasteiger partial charge in [0.05, 0.1) is 16.4 Å². The van der Waals surface area contributed by atoms with E-state index in [2.05, 4.69) is 17.3 Å². The zero-order chi connectivity index (χ0) is 24.7. The SMILES string of the molecule is CCCCCCCCNC(=O)C(=O)c1nn(-c2ccc(Cl)cc2Cl)c(-c2ccc(Cl)cc2)c1C. The minimum atomic E-state index is -0.678. The van der Waals surface area contributed by atoms with E-state index in [-0.39, 0.29) is 5.69 Å². The Morgan fingerprint density at radius 1 is 0.912 bits per heavy atom. The normalized spacial score (nSPS) is 11.0. The smallest absolute Gasteiger partial charge is 0.294 e. The number of nitrogens with one attached hydrogen (secondary N) is 1. The van der Waals surface area contributed by atoms with Crippen molar-refractivity contribution < 1.29 is 9.59 Å². The molecular formula is C26H28Cl3N3O2. The molecule has 0 aliphatic rings. The summed E-state index contributed by atoms with van der Waals surface area (Å²) in [5.41, 5.74) is 2.63. The second-order valence-electron chi connectivity index (χ2n) is 8.19.